The molecule has 0 fully saturated rings. The van der Waals surface area contributed by atoms with Crippen molar-refractivity contribution in [1.82, 2.24) is 24.7 Å². The first-order chi connectivity index (χ1) is 9.52. The number of nitrogens with two attached hydrogens (primary N) is 1. The number of aromatic nitrogens is 5. The number of hydrogen-bond acceptors (Lipinski definition) is 8. The summed E-state index contributed by atoms with van der Waals surface area (Å²) in [5.41, 5.74) is 4.76. The van der Waals surface area contributed by atoms with E-state index in [2.05, 4.69) is 20.2 Å². The van der Waals surface area contributed by atoms with Gasteiger partial charge in [-0.3, -0.25) is 14.7 Å². The highest BCUT2D eigenvalue weighted by Crippen LogP contribution is 2.31. The van der Waals surface area contributed by atoms with Gasteiger partial charge >= 0.3 is 11.4 Å². The fourth-order valence-corrected chi connectivity index (χ4v) is 2.38. The predicted molar refractivity (Wildman–Crippen MR) is 70.4 cm³/mol. The van der Waals surface area contributed by atoms with Crippen LogP contribution in [0, 0.1) is 10.1 Å². The first-order valence-electron chi connectivity index (χ1n) is 5.63. The van der Waals surface area contributed by atoms with Crippen molar-refractivity contribution in [1.29, 1.82) is 0 Å². The topological polar surface area (TPSA) is 146 Å². The summed E-state index contributed by atoms with van der Waals surface area (Å²) in [5, 5.41) is 17.4. The maximum absolute atomic E-state index is 11.5. The van der Waals surface area contributed by atoms with Gasteiger partial charge in [-0.05, 0) is 18.2 Å². The van der Waals surface area contributed by atoms with Crippen molar-refractivity contribution < 1.29 is 4.92 Å². The average Bonchev–Trinajstić information content (AvgIpc) is 2.72. The number of nitrogens with zero attached hydrogens (tertiary/aromatic N) is 5. The quantitative estimate of drug-likeness (QED) is 0.458. The summed E-state index contributed by atoms with van der Waals surface area (Å²) >= 11 is 0.892. The van der Waals surface area contributed by atoms with Crippen LogP contribution in [0.4, 0.5) is 11.6 Å². The van der Waals surface area contributed by atoms with Gasteiger partial charge in [0.2, 0.25) is 5.95 Å². The van der Waals surface area contributed by atoms with Gasteiger partial charge in [0.1, 0.15) is 6.20 Å². The second-order valence-corrected chi connectivity index (χ2v) is 4.70. The summed E-state index contributed by atoms with van der Waals surface area (Å²) in [4.78, 5) is 29.2. The van der Waals surface area contributed by atoms with E-state index in [0.29, 0.717) is 6.54 Å². The molecule has 0 aromatic carbocycles. The highest BCUT2D eigenvalue weighted by Gasteiger charge is 2.20. The third-order valence-corrected chi connectivity index (χ3v) is 3.30. The molecule has 0 aliphatic rings. The number of rotatable bonds is 5. The van der Waals surface area contributed by atoms with Crippen molar-refractivity contribution in [3.63, 3.8) is 0 Å². The lowest BCUT2D eigenvalue weighted by Crippen LogP contribution is -2.17. The molecule has 0 saturated carbocycles. The van der Waals surface area contributed by atoms with Crippen LogP contribution >= 0.6 is 11.8 Å². The smallest absolute Gasteiger partial charge is 0.343 e. The summed E-state index contributed by atoms with van der Waals surface area (Å²) in [7, 11) is 0. The van der Waals surface area contributed by atoms with Gasteiger partial charge in [0.05, 0.1) is 4.92 Å². The van der Waals surface area contributed by atoms with E-state index in [1.807, 2.05) is 6.92 Å². The number of nitro groups is 1. The molecule has 2 aromatic heterocycles. The van der Waals surface area contributed by atoms with E-state index in [1.54, 1.807) is 0 Å². The Bertz CT molecular complexity index is 695. The summed E-state index contributed by atoms with van der Waals surface area (Å²) in [5.74, 6) is -0.0852. The molecule has 11 heteroatoms. The number of hydrogen-bond donors (Lipinski definition) is 2. The molecule has 0 atom stereocenters. The number of nitrogen functional groups attached to an aromatic ring is 1. The molecular weight excluding hydrogens is 286 g/mol. The summed E-state index contributed by atoms with van der Waals surface area (Å²) in [6, 6.07) is 0. The minimum absolute atomic E-state index is 0.0406. The van der Waals surface area contributed by atoms with Crippen LogP contribution in [-0.4, -0.2) is 29.7 Å². The molecule has 0 aliphatic heterocycles. The van der Waals surface area contributed by atoms with Crippen molar-refractivity contribution in [2.24, 2.45) is 0 Å². The van der Waals surface area contributed by atoms with Gasteiger partial charge in [0, 0.05) is 6.54 Å². The molecule has 0 amide bonds. The minimum atomic E-state index is -0.614. The lowest BCUT2D eigenvalue weighted by atomic mass is 10.5. The average molecular weight is 297 g/mol. The molecule has 2 rings (SSSR count). The monoisotopic (exact) mass is 297 g/mol. The van der Waals surface area contributed by atoms with Crippen molar-refractivity contribution in [2.75, 3.05) is 5.73 Å². The van der Waals surface area contributed by atoms with Crippen LogP contribution in [0.3, 0.4) is 0 Å². The van der Waals surface area contributed by atoms with Crippen molar-refractivity contribution in [2.45, 2.75) is 30.1 Å². The molecule has 3 N–H and O–H groups in total. The summed E-state index contributed by atoms with van der Waals surface area (Å²) in [6.45, 7) is 2.35. The zero-order chi connectivity index (χ0) is 14.7. The molecule has 0 spiro atoms. The van der Waals surface area contributed by atoms with Crippen molar-refractivity contribution in [3.05, 3.63) is 26.8 Å². The van der Waals surface area contributed by atoms with E-state index in [0.717, 1.165) is 24.4 Å². The molecule has 0 aliphatic carbocycles. The van der Waals surface area contributed by atoms with Gasteiger partial charge in [0.15, 0.2) is 10.2 Å². The van der Waals surface area contributed by atoms with Gasteiger partial charge in [0.25, 0.3) is 0 Å². The largest absolute Gasteiger partial charge is 0.368 e. The molecular formula is C9H11N7O3S. The molecule has 0 unspecified atom stereocenters. The fraction of sp³-hybridized carbons (Fsp3) is 0.333. The lowest BCUT2D eigenvalue weighted by molar-refractivity contribution is -0.388. The molecule has 106 valence electrons. The Morgan fingerprint density at radius 3 is 3.00 bits per heavy atom. The second kappa shape index (κ2) is 5.69. The maximum Gasteiger partial charge on any atom is 0.343 e. The van der Waals surface area contributed by atoms with Crippen molar-refractivity contribution >= 4 is 23.4 Å². The molecule has 0 radical (unpaired) electrons. The Hall–Kier alpha value is -2.43. The van der Waals surface area contributed by atoms with E-state index >= 15 is 0 Å². The Morgan fingerprint density at radius 1 is 1.60 bits per heavy atom. The van der Waals surface area contributed by atoms with Gasteiger partial charge in [-0.15, -0.1) is 5.10 Å². The van der Waals surface area contributed by atoms with Gasteiger partial charge < -0.3 is 5.73 Å². The van der Waals surface area contributed by atoms with Gasteiger partial charge in [-0.2, -0.15) is 4.98 Å². The first kappa shape index (κ1) is 14.0. The van der Waals surface area contributed by atoms with E-state index in [9.17, 15) is 14.9 Å². The SMILES string of the molecule is CCCn1c(Sc2nc(N)ncc2[N+](=O)[O-])n[nH]c1=O. The third kappa shape index (κ3) is 2.77. The van der Waals surface area contributed by atoms with Crippen LogP contribution in [0.5, 0.6) is 0 Å². The molecule has 10 nitrogen and oxygen atoms in total. The molecule has 20 heavy (non-hydrogen) atoms. The van der Waals surface area contributed by atoms with Gasteiger partial charge in [-0.25, -0.2) is 14.9 Å². The van der Waals surface area contributed by atoms with E-state index < -0.39 is 4.92 Å². The maximum atomic E-state index is 11.5. The summed E-state index contributed by atoms with van der Waals surface area (Å²) < 4.78 is 1.38. The van der Waals surface area contributed by atoms with E-state index in [1.165, 1.54) is 4.57 Å². The van der Waals surface area contributed by atoms with E-state index in [4.69, 9.17) is 5.73 Å². The molecule has 2 aromatic rings. The van der Waals surface area contributed by atoms with E-state index in [-0.39, 0.29) is 27.5 Å². The van der Waals surface area contributed by atoms with Crippen LogP contribution in [-0.2, 0) is 6.54 Å². The van der Waals surface area contributed by atoms with Crippen molar-refractivity contribution in [3.8, 4) is 0 Å². The highest BCUT2D eigenvalue weighted by molar-refractivity contribution is 7.99. The Labute approximate surface area is 116 Å². The zero-order valence-electron chi connectivity index (χ0n) is 10.4. The molecule has 0 saturated heterocycles. The Balaban J connectivity index is 2.42. The lowest BCUT2D eigenvalue weighted by Gasteiger charge is -2.03. The van der Waals surface area contributed by atoms with Crippen LogP contribution in [0.25, 0.3) is 0 Å². The second-order valence-electron chi connectivity index (χ2n) is 3.74. The summed E-state index contributed by atoms with van der Waals surface area (Å²) in [6.07, 6.45) is 1.75. The number of H-pyrrole nitrogens is 1. The standard InChI is InChI=1S/C9H11N7O3S/c1-2-3-15-8(17)13-14-9(15)20-6-5(16(18)19)4-11-7(10)12-6/h4H,2-3H2,1H3,(H,13,17)(H2,10,11,12). The predicted octanol–water partition coefficient (Wildman–Crippen LogP) is 0.413. The number of aromatic amines is 1. The Kier molecular flexibility index (Phi) is 3.98. The van der Waals surface area contributed by atoms with Crippen LogP contribution in [0.1, 0.15) is 13.3 Å². The third-order valence-electron chi connectivity index (χ3n) is 2.31. The zero-order valence-corrected chi connectivity index (χ0v) is 11.3. The van der Waals surface area contributed by atoms with Crippen LogP contribution < -0.4 is 11.4 Å². The first-order valence-corrected chi connectivity index (χ1v) is 6.44. The number of nitrogens with one attached hydrogen (secondary N) is 1. The molecule has 2 heterocycles. The van der Waals surface area contributed by atoms with Crippen LogP contribution in [0.2, 0.25) is 0 Å². The fourth-order valence-electron chi connectivity index (χ4n) is 1.46. The number of anilines is 1. The van der Waals surface area contributed by atoms with Crippen LogP contribution in [0.15, 0.2) is 21.2 Å². The minimum Gasteiger partial charge on any atom is -0.368 e. The molecule has 0 bridgehead atoms. The Morgan fingerprint density at radius 2 is 2.35 bits per heavy atom. The highest BCUT2D eigenvalue weighted by atomic mass is 32.2. The normalized spacial score (nSPS) is 10.7. The van der Waals surface area contributed by atoms with Gasteiger partial charge in [-0.1, -0.05) is 6.92 Å².